The maximum Gasteiger partial charge on any atom is 0.333 e. The van der Waals surface area contributed by atoms with Crippen molar-refractivity contribution in [3.63, 3.8) is 0 Å². The number of nitrogens with zero attached hydrogens (tertiary/aromatic N) is 2. The van der Waals surface area contributed by atoms with Gasteiger partial charge in [-0.1, -0.05) is 105 Å². The zero-order valence-electron chi connectivity index (χ0n) is 41.0. The maximum atomic E-state index is 6.94. The zero-order valence-corrected chi connectivity index (χ0v) is 41.0. The second-order valence-corrected chi connectivity index (χ2v) is 24.6. The molecule has 326 valence electrons. The van der Waals surface area contributed by atoms with Crippen molar-refractivity contribution in [2.24, 2.45) is 0 Å². The molecule has 65 heavy (non-hydrogen) atoms. The van der Waals surface area contributed by atoms with Gasteiger partial charge in [0.15, 0.2) is 0 Å². The lowest BCUT2D eigenvalue weighted by Gasteiger charge is -2.37. The predicted molar refractivity (Wildman–Crippen MR) is 280 cm³/mol. The minimum atomic E-state index is -0.396. The molecule has 0 aliphatic carbocycles. The fourth-order valence-corrected chi connectivity index (χ4v) is 11.6. The molecule has 0 amide bonds. The van der Waals surface area contributed by atoms with E-state index < -0.39 is 5.60 Å². The average molecular weight is 853 g/mol. The van der Waals surface area contributed by atoms with Crippen molar-refractivity contribution in [2.45, 2.75) is 131 Å². The van der Waals surface area contributed by atoms with E-state index in [1.807, 2.05) is 0 Å². The molecule has 0 atom stereocenters. The van der Waals surface area contributed by atoms with E-state index in [-0.39, 0.29) is 28.7 Å². The third kappa shape index (κ3) is 5.76. The molecule has 5 heteroatoms. The zero-order chi connectivity index (χ0) is 45.8. The second-order valence-electron chi connectivity index (χ2n) is 24.6. The monoisotopic (exact) mass is 852 g/mol. The number of aromatic nitrogens is 2. The Morgan fingerprint density at radius 1 is 0.431 bits per heavy atom. The Labute approximate surface area is 383 Å². The standard InChI is InChI=1S/C60H61BN2O2/c1-56(2,3)34-18-22-48-41(26-34)43-27-36(58(7,8)9)28-45-51-39-20-16-32-24-35(57(4,5)6)25-33-17-21-40(50(39)49(32)33)55-52(51)61(63(48)53(43)45)46-31-38(65-60(13,14)15)30-44-42-29-37(64-59(10,11)12)19-23-47(42)62(55)54(44)46/h16-31H,1-15H3. The Balaban J connectivity index is 1.35. The molecule has 0 radical (unpaired) electrons. The maximum absolute atomic E-state index is 6.94. The van der Waals surface area contributed by atoms with Crippen molar-refractivity contribution in [3.05, 3.63) is 114 Å². The highest BCUT2D eigenvalue weighted by atomic mass is 16.5. The Morgan fingerprint density at radius 2 is 0.985 bits per heavy atom. The SMILES string of the molecule is CC(C)(C)Oc1ccc2c(c1)c1cc(OC(C)(C)C)cc3c1n2-c1c2c(c4ccc5cc(C(C)(C)C)cc6ccc1c4c56)-c1cc(C(C)(C)C)cc4c5cc(C(C)(C)C)ccc5n(c14)B23. The predicted octanol–water partition coefficient (Wildman–Crippen LogP) is 15.0. The number of fused-ring (bicyclic) bond motifs is 12. The highest BCUT2D eigenvalue weighted by molar-refractivity contribution is 6.90. The van der Waals surface area contributed by atoms with E-state index in [0.717, 1.165) is 11.5 Å². The molecule has 10 aromatic rings. The van der Waals surface area contributed by atoms with Crippen molar-refractivity contribution in [1.29, 1.82) is 0 Å². The van der Waals surface area contributed by atoms with E-state index in [4.69, 9.17) is 9.47 Å². The first-order chi connectivity index (χ1) is 30.4. The first-order valence-electron chi connectivity index (χ1n) is 23.8. The van der Waals surface area contributed by atoms with Gasteiger partial charge in [0.1, 0.15) is 22.7 Å². The summed E-state index contributed by atoms with van der Waals surface area (Å²) in [6.07, 6.45) is 0. The fraction of sp³-hybridized carbons (Fsp3) is 0.333. The van der Waals surface area contributed by atoms with E-state index in [2.05, 4.69) is 210 Å². The van der Waals surface area contributed by atoms with Crippen LogP contribution in [0.1, 0.15) is 121 Å². The third-order valence-corrected chi connectivity index (χ3v) is 14.4. The normalized spacial score (nSPS) is 14.4. The first kappa shape index (κ1) is 40.6. The summed E-state index contributed by atoms with van der Waals surface area (Å²) in [7, 11) is 0. The summed E-state index contributed by atoms with van der Waals surface area (Å²) < 4.78 is 18.9. The fourth-order valence-electron chi connectivity index (χ4n) is 11.6. The molecule has 0 saturated carbocycles. The van der Waals surface area contributed by atoms with Crippen molar-refractivity contribution >= 4 is 93.7 Å². The van der Waals surface area contributed by atoms with Gasteiger partial charge in [0.25, 0.3) is 0 Å². The smallest absolute Gasteiger partial charge is 0.333 e. The number of hydrogen-bond donors (Lipinski definition) is 0. The van der Waals surface area contributed by atoms with Crippen LogP contribution in [0.3, 0.4) is 0 Å². The van der Waals surface area contributed by atoms with Gasteiger partial charge < -0.3 is 18.5 Å². The lowest BCUT2D eigenvalue weighted by molar-refractivity contribution is 0.130. The van der Waals surface area contributed by atoms with Gasteiger partial charge in [-0.25, -0.2) is 0 Å². The van der Waals surface area contributed by atoms with E-state index >= 15 is 0 Å². The van der Waals surface area contributed by atoms with E-state index in [1.54, 1.807) is 0 Å². The van der Waals surface area contributed by atoms with Gasteiger partial charge in [-0.15, -0.1) is 0 Å². The molecule has 0 N–H and O–H groups in total. The first-order valence-corrected chi connectivity index (χ1v) is 23.8. The summed E-state index contributed by atoms with van der Waals surface area (Å²) in [5, 5.41) is 12.9. The van der Waals surface area contributed by atoms with E-state index in [9.17, 15) is 0 Å². The van der Waals surface area contributed by atoms with Gasteiger partial charge in [0, 0.05) is 48.9 Å². The molecule has 0 spiro atoms. The van der Waals surface area contributed by atoms with Crippen LogP contribution >= 0.6 is 0 Å². The molecule has 0 saturated heterocycles. The number of benzene rings is 8. The quantitative estimate of drug-likeness (QED) is 0.128. The summed E-state index contributed by atoms with van der Waals surface area (Å²) in [6, 6.07) is 38.4. The molecule has 2 aliphatic heterocycles. The minimum absolute atomic E-state index is 0.00613. The van der Waals surface area contributed by atoms with Crippen LogP contribution in [0.25, 0.3) is 92.7 Å². The molecule has 4 heterocycles. The number of hydrogen-bond acceptors (Lipinski definition) is 2. The molecule has 8 aromatic carbocycles. The summed E-state index contributed by atoms with van der Waals surface area (Å²) in [5.74, 6) is 1.75. The lowest BCUT2D eigenvalue weighted by Crippen LogP contribution is -2.55. The number of rotatable bonds is 2. The molecule has 2 aliphatic rings. The molecule has 0 bridgehead atoms. The van der Waals surface area contributed by atoms with Crippen molar-refractivity contribution in [1.82, 2.24) is 9.05 Å². The average Bonchev–Trinajstić information content (AvgIpc) is 3.70. The van der Waals surface area contributed by atoms with Crippen LogP contribution in [-0.4, -0.2) is 27.1 Å². The van der Waals surface area contributed by atoms with Crippen LogP contribution in [0, 0.1) is 0 Å². The van der Waals surface area contributed by atoms with Gasteiger partial charge >= 0.3 is 6.85 Å². The van der Waals surface area contributed by atoms with Crippen LogP contribution in [0.2, 0.25) is 0 Å². The molecule has 2 aromatic heterocycles. The summed E-state index contributed by atoms with van der Waals surface area (Å²) in [6.45, 7) is 33.8. The van der Waals surface area contributed by atoms with Crippen molar-refractivity contribution in [3.8, 4) is 28.3 Å². The van der Waals surface area contributed by atoms with Crippen LogP contribution in [0.15, 0.2) is 97.1 Å². The van der Waals surface area contributed by atoms with Gasteiger partial charge in [0.2, 0.25) is 0 Å². The molecular formula is C60H61BN2O2. The van der Waals surface area contributed by atoms with Crippen LogP contribution in [-0.2, 0) is 16.2 Å². The highest BCUT2D eigenvalue weighted by Crippen LogP contribution is 2.51. The van der Waals surface area contributed by atoms with Crippen molar-refractivity contribution < 1.29 is 9.47 Å². The van der Waals surface area contributed by atoms with Crippen molar-refractivity contribution in [2.75, 3.05) is 0 Å². The van der Waals surface area contributed by atoms with Crippen LogP contribution in [0.4, 0.5) is 0 Å². The molecule has 4 nitrogen and oxygen atoms in total. The van der Waals surface area contributed by atoms with Gasteiger partial charge in [-0.3, -0.25) is 0 Å². The van der Waals surface area contributed by atoms with Gasteiger partial charge in [-0.2, -0.15) is 0 Å². The van der Waals surface area contributed by atoms with E-state index in [0.29, 0.717) is 0 Å². The van der Waals surface area contributed by atoms with Gasteiger partial charge in [0.05, 0.1) is 16.7 Å². The summed E-state index contributed by atoms with van der Waals surface area (Å²) in [5.41, 5.74) is 14.8. The van der Waals surface area contributed by atoms with Gasteiger partial charge in [-0.05, 0) is 167 Å². The molecule has 0 fully saturated rings. The lowest BCUT2D eigenvalue weighted by atomic mass is 9.45. The number of ether oxygens (including phenoxy) is 2. The summed E-state index contributed by atoms with van der Waals surface area (Å²) >= 11 is 0. The molecule has 12 rings (SSSR count). The van der Waals surface area contributed by atoms with E-state index in [1.165, 1.54) is 120 Å². The molecular weight excluding hydrogens is 791 g/mol. The molecule has 0 unspecified atom stereocenters. The highest BCUT2D eigenvalue weighted by Gasteiger charge is 2.44. The van der Waals surface area contributed by atoms with Crippen LogP contribution in [0.5, 0.6) is 11.5 Å². The minimum Gasteiger partial charge on any atom is -0.488 e. The summed E-state index contributed by atoms with van der Waals surface area (Å²) in [4.78, 5) is 0. The Bertz CT molecular complexity index is 3710. The Kier molecular flexibility index (Phi) is 7.79. The largest absolute Gasteiger partial charge is 0.488 e. The Morgan fingerprint density at radius 3 is 1.63 bits per heavy atom. The van der Waals surface area contributed by atoms with Crippen LogP contribution < -0.4 is 20.4 Å². The second kappa shape index (κ2) is 12.5. The third-order valence-electron chi connectivity index (χ3n) is 14.4. The topological polar surface area (TPSA) is 28.3 Å². The Hall–Kier alpha value is -5.94.